The van der Waals surface area contributed by atoms with Gasteiger partial charge in [-0.05, 0) is 41.6 Å². The van der Waals surface area contributed by atoms with E-state index in [-0.39, 0.29) is 18.4 Å². The highest BCUT2D eigenvalue weighted by Gasteiger charge is 2.35. The molecule has 1 saturated carbocycles. The summed E-state index contributed by atoms with van der Waals surface area (Å²) in [7, 11) is 0. The number of hydrogen-bond donors (Lipinski definition) is 2. The second kappa shape index (κ2) is 5.20. The van der Waals surface area contributed by atoms with Crippen LogP contribution in [0.25, 0.3) is 0 Å². The van der Waals surface area contributed by atoms with Crippen LogP contribution in [-0.2, 0) is 4.79 Å². The molecule has 20 heavy (non-hydrogen) atoms. The molecular weight excluding hydrogens is 326 g/mol. The lowest BCUT2D eigenvalue weighted by molar-refractivity contribution is -0.137. The third kappa shape index (κ3) is 2.46. The van der Waals surface area contributed by atoms with Crippen molar-refractivity contribution < 1.29 is 14.7 Å². The van der Waals surface area contributed by atoms with Crippen LogP contribution in [0.1, 0.15) is 54.2 Å². The van der Waals surface area contributed by atoms with Crippen molar-refractivity contribution in [1.82, 2.24) is 15.1 Å². The largest absolute Gasteiger partial charge is 0.481 e. The van der Waals surface area contributed by atoms with Crippen molar-refractivity contribution in [2.75, 3.05) is 6.54 Å². The van der Waals surface area contributed by atoms with Gasteiger partial charge in [-0.1, -0.05) is 0 Å². The van der Waals surface area contributed by atoms with Crippen LogP contribution in [0.5, 0.6) is 0 Å². The summed E-state index contributed by atoms with van der Waals surface area (Å²) in [4.78, 5) is 25.0. The van der Waals surface area contributed by atoms with Gasteiger partial charge in [-0.2, -0.15) is 5.10 Å². The highest BCUT2D eigenvalue weighted by Crippen LogP contribution is 2.43. The Morgan fingerprint density at radius 1 is 1.40 bits per heavy atom. The van der Waals surface area contributed by atoms with E-state index < -0.39 is 5.97 Å². The lowest BCUT2D eigenvalue weighted by Gasteiger charge is -2.22. The maximum Gasteiger partial charge on any atom is 0.305 e. The van der Waals surface area contributed by atoms with Gasteiger partial charge in [0, 0.05) is 18.5 Å². The fraction of sp³-hybridized carbons (Fsp3) is 0.615. The third-order valence-corrected chi connectivity index (χ3v) is 4.77. The number of H-pyrrole nitrogens is 1. The summed E-state index contributed by atoms with van der Waals surface area (Å²) >= 11 is 3.45. The van der Waals surface area contributed by atoms with E-state index in [9.17, 15) is 9.59 Å². The first kappa shape index (κ1) is 13.6. The van der Waals surface area contributed by atoms with Crippen molar-refractivity contribution in [3.63, 3.8) is 0 Å². The van der Waals surface area contributed by atoms with Gasteiger partial charge in [0.15, 0.2) is 5.69 Å². The fourth-order valence-electron chi connectivity index (χ4n) is 2.78. The van der Waals surface area contributed by atoms with E-state index >= 15 is 0 Å². The smallest absolute Gasteiger partial charge is 0.305 e. The van der Waals surface area contributed by atoms with E-state index in [1.807, 2.05) is 0 Å². The fourth-order valence-corrected chi connectivity index (χ4v) is 3.45. The number of aromatic nitrogens is 2. The first-order valence-corrected chi connectivity index (χ1v) is 7.63. The van der Waals surface area contributed by atoms with Crippen molar-refractivity contribution in [3.05, 3.63) is 15.9 Å². The molecule has 0 radical (unpaired) electrons. The summed E-state index contributed by atoms with van der Waals surface area (Å²) < 4.78 is 0.742. The summed E-state index contributed by atoms with van der Waals surface area (Å²) in [6.07, 6.45) is 3.85. The van der Waals surface area contributed by atoms with E-state index in [1.165, 1.54) is 0 Å². The predicted molar refractivity (Wildman–Crippen MR) is 74.6 cm³/mol. The van der Waals surface area contributed by atoms with Crippen LogP contribution in [-0.4, -0.2) is 44.7 Å². The molecule has 2 aliphatic rings. The number of nitrogens with one attached hydrogen (secondary N) is 1. The molecule has 1 aliphatic heterocycles. The van der Waals surface area contributed by atoms with E-state index in [1.54, 1.807) is 4.90 Å². The van der Waals surface area contributed by atoms with Crippen LogP contribution in [0, 0.1) is 0 Å². The van der Waals surface area contributed by atoms with Gasteiger partial charge in [-0.25, -0.2) is 0 Å². The Balaban J connectivity index is 1.79. The number of aromatic amines is 1. The number of carboxylic acids is 1. The molecule has 1 amide bonds. The number of carboxylic acid groups (broad SMARTS) is 1. The Bertz CT molecular complexity index is 553. The number of likely N-dealkylation sites (tertiary alicyclic amines) is 1. The second-order valence-electron chi connectivity index (χ2n) is 5.47. The molecule has 0 bridgehead atoms. The second-order valence-corrected chi connectivity index (χ2v) is 6.26. The third-order valence-electron chi connectivity index (χ3n) is 3.97. The molecular formula is C13H16BrN3O3. The minimum atomic E-state index is -0.866. The number of rotatable bonds is 4. The molecule has 1 atom stereocenters. The number of carbonyl (C=O) groups is 2. The topological polar surface area (TPSA) is 86.3 Å². The first-order chi connectivity index (χ1) is 9.58. The molecule has 6 nitrogen and oxygen atoms in total. The summed E-state index contributed by atoms with van der Waals surface area (Å²) in [5.41, 5.74) is 1.37. The highest BCUT2D eigenvalue weighted by molar-refractivity contribution is 9.10. The molecule has 2 fully saturated rings. The Hall–Kier alpha value is -1.37. The molecule has 3 rings (SSSR count). The van der Waals surface area contributed by atoms with Crippen molar-refractivity contribution in [1.29, 1.82) is 0 Å². The first-order valence-electron chi connectivity index (χ1n) is 6.84. The van der Waals surface area contributed by atoms with Gasteiger partial charge >= 0.3 is 5.97 Å². The quantitative estimate of drug-likeness (QED) is 0.878. The van der Waals surface area contributed by atoms with Gasteiger partial charge in [-0.15, -0.1) is 0 Å². The van der Waals surface area contributed by atoms with Gasteiger partial charge in [0.05, 0.1) is 16.6 Å². The standard InChI is InChI=1S/C13H16BrN3O3/c14-10-11(7-3-4-7)15-16-12(10)13(20)17-5-1-2-8(17)6-9(18)19/h7-8H,1-6H2,(H,15,16)(H,18,19). The van der Waals surface area contributed by atoms with Crippen LogP contribution in [0.4, 0.5) is 0 Å². The molecule has 1 aliphatic carbocycles. The maximum absolute atomic E-state index is 12.5. The van der Waals surface area contributed by atoms with E-state index in [4.69, 9.17) is 5.11 Å². The molecule has 7 heteroatoms. The molecule has 0 spiro atoms. The Morgan fingerprint density at radius 2 is 2.15 bits per heavy atom. The number of nitrogens with zero attached hydrogens (tertiary/aromatic N) is 2. The maximum atomic E-state index is 12.5. The molecule has 1 unspecified atom stereocenters. The van der Waals surface area contributed by atoms with Gasteiger partial charge < -0.3 is 10.0 Å². The van der Waals surface area contributed by atoms with Crippen LogP contribution in [0.15, 0.2) is 4.47 Å². The predicted octanol–water partition coefficient (Wildman–Crippen LogP) is 2.13. The lowest BCUT2D eigenvalue weighted by Crippen LogP contribution is -2.37. The van der Waals surface area contributed by atoms with Crippen molar-refractivity contribution in [3.8, 4) is 0 Å². The lowest BCUT2D eigenvalue weighted by atomic mass is 10.1. The van der Waals surface area contributed by atoms with E-state index in [0.717, 1.165) is 35.8 Å². The summed E-state index contributed by atoms with van der Waals surface area (Å²) in [6.45, 7) is 0.606. The van der Waals surface area contributed by atoms with Crippen LogP contribution >= 0.6 is 15.9 Å². The minimum Gasteiger partial charge on any atom is -0.481 e. The molecule has 1 saturated heterocycles. The minimum absolute atomic E-state index is 0.00324. The van der Waals surface area contributed by atoms with Crippen molar-refractivity contribution >= 4 is 27.8 Å². The van der Waals surface area contributed by atoms with Gasteiger partial charge in [-0.3, -0.25) is 14.7 Å². The van der Waals surface area contributed by atoms with Crippen molar-refractivity contribution in [2.24, 2.45) is 0 Å². The number of amides is 1. The zero-order valence-electron chi connectivity index (χ0n) is 10.9. The molecule has 1 aromatic rings. The number of halogens is 1. The Labute approximate surface area is 124 Å². The van der Waals surface area contributed by atoms with E-state index in [0.29, 0.717) is 18.2 Å². The van der Waals surface area contributed by atoms with Gasteiger partial charge in [0.25, 0.3) is 5.91 Å². The summed E-state index contributed by atoms with van der Waals surface area (Å²) in [5.74, 6) is -0.565. The number of aliphatic carboxylic acids is 1. The SMILES string of the molecule is O=C(O)CC1CCCN1C(=O)c1n[nH]c(C2CC2)c1Br. The van der Waals surface area contributed by atoms with Crippen LogP contribution in [0.3, 0.4) is 0 Å². The summed E-state index contributed by atoms with van der Waals surface area (Å²) in [5, 5.41) is 16.0. The van der Waals surface area contributed by atoms with Crippen LogP contribution in [0.2, 0.25) is 0 Å². The normalized spacial score (nSPS) is 22.2. The Morgan fingerprint density at radius 3 is 2.80 bits per heavy atom. The van der Waals surface area contributed by atoms with Crippen molar-refractivity contribution in [2.45, 2.75) is 44.1 Å². The number of hydrogen-bond acceptors (Lipinski definition) is 3. The zero-order valence-corrected chi connectivity index (χ0v) is 12.5. The molecule has 108 valence electrons. The van der Waals surface area contributed by atoms with Gasteiger partial charge in [0.1, 0.15) is 0 Å². The van der Waals surface area contributed by atoms with E-state index in [2.05, 4.69) is 26.1 Å². The average Bonchev–Trinajstić information content (AvgIpc) is 3.01. The number of carbonyl (C=O) groups excluding carboxylic acids is 1. The molecule has 0 aromatic carbocycles. The summed E-state index contributed by atoms with van der Waals surface area (Å²) in [6, 6.07) is -0.215. The highest BCUT2D eigenvalue weighted by atomic mass is 79.9. The average molecular weight is 342 g/mol. The Kier molecular flexibility index (Phi) is 3.54. The van der Waals surface area contributed by atoms with Crippen LogP contribution < -0.4 is 0 Å². The molecule has 1 aromatic heterocycles. The monoisotopic (exact) mass is 341 g/mol. The van der Waals surface area contributed by atoms with Gasteiger partial charge in [0.2, 0.25) is 0 Å². The zero-order chi connectivity index (χ0) is 14.3. The molecule has 2 N–H and O–H groups in total. The molecule has 2 heterocycles.